The van der Waals surface area contributed by atoms with Gasteiger partial charge in [0, 0.05) is 32.0 Å². The maximum atomic E-state index is 12.9. The van der Waals surface area contributed by atoms with Crippen LogP contribution < -0.4 is 5.32 Å². The lowest BCUT2D eigenvalue weighted by atomic mass is 10.1. The van der Waals surface area contributed by atoms with Crippen molar-refractivity contribution in [1.82, 2.24) is 20.0 Å². The van der Waals surface area contributed by atoms with Gasteiger partial charge in [-0.3, -0.25) is 14.4 Å². The van der Waals surface area contributed by atoms with Gasteiger partial charge in [-0.05, 0) is 30.2 Å². The number of nitrogens with one attached hydrogen (secondary N) is 1. The first kappa shape index (κ1) is 17.6. The van der Waals surface area contributed by atoms with Gasteiger partial charge in [0.15, 0.2) is 0 Å². The normalized spacial score (nSPS) is 18.2. The number of nitrogens with zero attached hydrogens (tertiary/aromatic N) is 3. The minimum Gasteiger partial charge on any atom is -0.374 e. The van der Waals surface area contributed by atoms with Crippen LogP contribution in [0, 0.1) is 5.82 Å². The summed E-state index contributed by atoms with van der Waals surface area (Å²) in [5, 5.41) is 7.11. The Labute approximate surface area is 146 Å². The standard InChI is InChI=1S/C18H23FN4O2/c19-16-4-2-15(3-5-16)6-8-20-18(24)14-22-10-11-25-17(12-22)13-23-9-1-7-21-23/h1-5,7,9,17H,6,8,10-14H2,(H,20,24). The summed E-state index contributed by atoms with van der Waals surface area (Å²) in [6.45, 7) is 3.69. The minimum absolute atomic E-state index is 0.00171. The molecule has 7 heteroatoms. The first-order valence-electron chi connectivity index (χ1n) is 8.51. The number of carbonyl (C=O) groups excluding carboxylic acids is 1. The van der Waals surface area contributed by atoms with Gasteiger partial charge >= 0.3 is 0 Å². The van der Waals surface area contributed by atoms with Crippen LogP contribution in [0.3, 0.4) is 0 Å². The number of ether oxygens (including phenoxy) is 1. The Bertz CT molecular complexity index is 660. The minimum atomic E-state index is -0.246. The number of hydrogen-bond donors (Lipinski definition) is 1. The zero-order valence-electron chi connectivity index (χ0n) is 14.1. The highest BCUT2D eigenvalue weighted by atomic mass is 19.1. The predicted octanol–water partition coefficient (Wildman–Crippen LogP) is 1.08. The largest absolute Gasteiger partial charge is 0.374 e. The molecule has 1 unspecified atom stereocenters. The number of amides is 1. The van der Waals surface area contributed by atoms with Crippen LogP contribution in [0.25, 0.3) is 0 Å². The van der Waals surface area contributed by atoms with Gasteiger partial charge in [0.1, 0.15) is 5.82 Å². The van der Waals surface area contributed by atoms with Crippen LogP contribution in [0.15, 0.2) is 42.7 Å². The predicted molar refractivity (Wildman–Crippen MR) is 91.5 cm³/mol. The molecule has 1 aliphatic rings. The van der Waals surface area contributed by atoms with E-state index in [1.54, 1.807) is 18.3 Å². The Morgan fingerprint density at radius 3 is 2.96 bits per heavy atom. The Morgan fingerprint density at radius 1 is 1.36 bits per heavy atom. The number of aromatic nitrogens is 2. The maximum Gasteiger partial charge on any atom is 0.234 e. The first-order chi connectivity index (χ1) is 12.2. The molecule has 1 atom stereocenters. The van der Waals surface area contributed by atoms with E-state index in [4.69, 9.17) is 4.74 Å². The quantitative estimate of drug-likeness (QED) is 0.815. The Balaban J connectivity index is 1.37. The average Bonchev–Trinajstić information content (AvgIpc) is 3.10. The van der Waals surface area contributed by atoms with E-state index in [0.29, 0.717) is 39.2 Å². The molecule has 6 nitrogen and oxygen atoms in total. The molecule has 0 spiro atoms. The van der Waals surface area contributed by atoms with Crippen molar-refractivity contribution < 1.29 is 13.9 Å². The van der Waals surface area contributed by atoms with E-state index in [1.807, 2.05) is 16.9 Å². The molecule has 1 aromatic heterocycles. The number of carbonyl (C=O) groups is 1. The van der Waals surface area contributed by atoms with Crippen LogP contribution in [0.1, 0.15) is 5.56 Å². The van der Waals surface area contributed by atoms with Crippen molar-refractivity contribution in [3.8, 4) is 0 Å². The lowest BCUT2D eigenvalue weighted by Crippen LogP contribution is -2.48. The van der Waals surface area contributed by atoms with Gasteiger partial charge in [0.25, 0.3) is 0 Å². The molecule has 0 aliphatic carbocycles. The molecular formula is C18H23FN4O2. The highest BCUT2D eigenvalue weighted by Gasteiger charge is 2.22. The fraction of sp³-hybridized carbons (Fsp3) is 0.444. The van der Waals surface area contributed by atoms with E-state index < -0.39 is 0 Å². The van der Waals surface area contributed by atoms with Gasteiger partial charge in [-0.25, -0.2) is 4.39 Å². The van der Waals surface area contributed by atoms with E-state index in [9.17, 15) is 9.18 Å². The molecule has 0 saturated carbocycles. The van der Waals surface area contributed by atoms with Gasteiger partial charge in [-0.15, -0.1) is 0 Å². The van der Waals surface area contributed by atoms with Gasteiger partial charge in [0.2, 0.25) is 5.91 Å². The summed E-state index contributed by atoms with van der Waals surface area (Å²) >= 11 is 0. The summed E-state index contributed by atoms with van der Waals surface area (Å²) < 4.78 is 20.4. The van der Waals surface area contributed by atoms with Gasteiger partial charge in [0.05, 0.1) is 25.8 Å². The Kier molecular flexibility index (Phi) is 6.14. The molecule has 3 rings (SSSR count). The van der Waals surface area contributed by atoms with Crippen molar-refractivity contribution in [2.24, 2.45) is 0 Å². The molecule has 2 aromatic rings. The van der Waals surface area contributed by atoms with E-state index >= 15 is 0 Å². The first-order valence-corrected chi connectivity index (χ1v) is 8.51. The Morgan fingerprint density at radius 2 is 2.20 bits per heavy atom. The van der Waals surface area contributed by atoms with E-state index in [2.05, 4.69) is 15.3 Å². The summed E-state index contributed by atoms with van der Waals surface area (Å²) in [6.07, 6.45) is 4.39. The second-order valence-corrected chi connectivity index (χ2v) is 6.18. The van der Waals surface area contributed by atoms with Crippen molar-refractivity contribution in [2.75, 3.05) is 32.8 Å². The van der Waals surface area contributed by atoms with Crippen molar-refractivity contribution in [2.45, 2.75) is 19.1 Å². The van der Waals surface area contributed by atoms with Gasteiger partial charge in [-0.2, -0.15) is 5.10 Å². The van der Waals surface area contributed by atoms with E-state index in [-0.39, 0.29) is 17.8 Å². The highest BCUT2D eigenvalue weighted by Crippen LogP contribution is 2.07. The fourth-order valence-electron chi connectivity index (χ4n) is 2.91. The molecule has 1 saturated heterocycles. The Hall–Kier alpha value is -2.25. The molecule has 1 fully saturated rings. The summed E-state index contributed by atoms with van der Waals surface area (Å²) in [6, 6.07) is 8.23. The number of rotatable bonds is 7. The number of hydrogen-bond acceptors (Lipinski definition) is 4. The molecule has 1 aromatic carbocycles. The van der Waals surface area contributed by atoms with Crippen molar-refractivity contribution >= 4 is 5.91 Å². The molecule has 25 heavy (non-hydrogen) atoms. The van der Waals surface area contributed by atoms with Crippen LogP contribution in [0.2, 0.25) is 0 Å². The SMILES string of the molecule is O=C(CN1CCOC(Cn2cccn2)C1)NCCc1ccc(F)cc1. The summed E-state index contributed by atoms with van der Waals surface area (Å²) in [7, 11) is 0. The number of morpholine rings is 1. The maximum absolute atomic E-state index is 12.9. The van der Waals surface area contributed by atoms with Gasteiger partial charge in [-0.1, -0.05) is 12.1 Å². The molecule has 1 amide bonds. The molecule has 0 radical (unpaired) electrons. The van der Waals surface area contributed by atoms with Gasteiger partial charge < -0.3 is 10.1 Å². The second-order valence-electron chi connectivity index (χ2n) is 6.18. The topological polar surface area (TPSA) is 59.4 Å². The van der Waals surface area contributed by atoms with Crippen LogP contribution >= 0.6 is 0 Å². The van der Waals surface area contributed by atoms with E-state index in [0.717, 1.165) is 12.1 Å². The third-order valence-electron chi connectivity index (χ3n) is 4.19. The third kappa shape index (κ3) is 5.65. The van der Waals surface area contributed by atoms with Crippen LogP contribution in [0.5, 0.6) is 0 Å². The summed E-state index contributed by atoms with van der Waals surface area (Å²) in [5.74, 6) is -0.244. The third-order valence-corrected chi connectivity index (χ3v) is 4.19. The number of benzene rings is 1. The highest BCUT2D eigenvalue weighted by molar-refractivity contribution is 5.78. The molecular weight excluding hydrogens is 323 g/mol. The second kappa shape index (κ2) is 8.73. The molecule has 2 heterocycles. The average molecular weight is 346 g/mol. The monoisotopic (exact) mass is 346 g/mol. The van der Waals surface area contributed by atoms with Crippen LogP contribution in [0.4, 0.5) is 4.39 Å². The van der Waals surface area contributed by atoms with Crippen molar-refractivity contribution in [1.29, 1.82) is 0 Å². The van der Waals surface area contributed by atoms with Crippen LogP contribution in [-0.4, -0.2) is 59.5 Å². The molecule has 0 bridgehead atoms. The van der Waals surface area contributed by atoms with Crippen molar-refractivity contribution in [3.05, 3.63) is 54.1 Å². The molecule has 1 N–H and O–H groups in total. The fourth-order valence-corrected chi connectivity index (χ4v) is 2.91. The van der Waals surface area contributed by atoms with Crippen molar-refractivity contribution in [3.63, 3.8) is 0 Å². The lowest BCUT2D eigenvalue weighted by Gasteiger charge is -2.32. The van der Waals surface area contributed by atoms with Crippen LogP contribution in [-0.2, 0) is 22.5 Å². The summed E-state index contributed by atoms with van der Waals surface area (Å²) in [5.41, 5.74) is 1.01. The zero-order chi connectivity index (χ0) is 17.5. The van der Waals surface area contributed by atoms with E-state index in [1.165, 1.54) is 12.1 Å². The molecule has 1 aliphatic heterocycles. The zero-order valence-corrected chi connectivity index (χ0v) is 14.1. The number of halogens is 1. The molecule has 134 valence electrons. The summed E-state index contributed by atoms with van der Waals surface area (Å²) in [4.78, 5) is 14.2. The lowest BCUT2D eigenvalue weighted by molar-refractivity contribution is -0.124. The smallest absolute Gasteiger partial charge is 0.234 e.